The molecule has 96 valence electrons. The van der Waals surface area contributed by atoms with Crippen LogP contribution in [-0.4, -0.2) is 18.6 Å². The summed E-state index contributed by atoms with van der Waals surface area (Å²) in [5, 5.41) is 2.39. The molecule has 0 aliphatic rings. The number of nitrogens with one attached hydrogen (secondary N) is 1. The highest BCUT2D eigenvalue weighted by Gasteiger charge is 2.28. The minimum atomic E-state index is -4.44. The summed E-state index contributed by atoms with van der Waals surface area (Å²) in [5.41, 5.74) is 0.426. The number of hydrogen-bond donors (Lipinski definition) is 1. The lowest BCUT2D eigenvalue weighted by atomic mass is 10.2. The number of para-hydroxylation sites is 1. The summed E-state index contributed by atoms with van der Waals surface area (Å²) in [5.74, 6) is -1.04. The Bertz CT molecular complexity index is 591. The van der Waals surface area contributed by atoms with E-state index in [2.05, 4.69) is 15.9 Å². The number of rotatable bonds is 2. The highest BCUT2D eigenvalue weighted by Crippen LogP contribution is 2.27. The zero-order valence-corrected chi connectivity index (χ0v) is 10.4. The van der Waals surface area contributed by atoms with Crippen LogP contribution in [0, 0.1) is 0 Å². The highest BCUT2D eigenvalue weighted by atomic mass is 79.9. The summed E-state index contributed by atoms with van der Waals surface area (Å²) in [4.78, 5) is 11.5. The summed E-state index contributed by atoms with van der Waals surface area (Å²) in [6, 6.07) is 6.54. The normalized spacial score (nSPS) is 11.8. The van der Waals surface area contributed by atoms with Crippen molar-refractivity contribution < 1.29 is 22.4 Å². The first kappa shape index (κ1) is 12.9. The molecule has 18 heavy (non-hydrogen) atoms. The molecule has 2 aromatic rings. The van der Waals surface area contributed by atoms with Crippen molar-refractivity contribution in [2.45, 2.75) is 6.18 Å². The van der Waals surface area contributed by atoms with Crippen molar-refractivity contribution in [3.8, 4) is 0 Å². The number of halogens is 4. The lowest BCUT2D eigenvalue weighted by molar-refractivity contribution is -0.123. The van der Waals surface area contributed by atoms with Gasteiger partial charge in [0.05, 0.1) is 4.47 Å². The van der Waals surface area contributed by atoms with Crippen LogP contribution in [0.3, 0.4) is 0 Å². The van der Waals surface area contributed by atoms with Gasteiger partial charge < -0.3 is 9.73 Å². The fraction of sp³-hybridized carbons (Fsp3) is 0.182. The maximum Gasteiger partial charge on any atom is 0.405 e. The Morgan fingerprint density at radius 3 is 2.72 bits per heavy atom. The van der Waals surface area contributed by atoms with Gasteiger partial charge in [-0.3, -0.25) is 4.79 Å². The van der Waals surface area contributed by atoms with Gasteiger partial charge in [0.15, 0.2) is 5.76 Å². The van der Waals surface area contributed by atoms with Gasteiger partial charge in [-0.1, -0.05) is 12.1 Å². The molecule has 0 saturated carbocycles. The molecule has 1 aromatic heterocycles. The van der Waals surface area contributed by atoms with E-state index in [4.69, 9.17) is 4.42 Å². The van der Waals surface area contributed by atoms with Crippen molar-refractivity contribution in [3.63, 3.8) is 0 Å². The van der Waals surface area contributed by atoms with E-state index in [0.717, 1.165) is 0 Å². The minimum Gasteiger partial charge on any atom is -0.450 e. The molecule has 1 aromatic carbocycles. The molecule has 0 radical (unpaired) electrons. The van der Waals surface area contributed by atoms with Crippen molar-refractivity contribution in [2.75, 3.05) is 6.54 Å². The van der Waals surface area contributed by atoms with Crippen LogP contribution in [0.1, 0.15) is 10.6 Å². The second kappa shape index (κ2) is 4.64. The number of fused-ring (bicyclic) bond motifs is 1. The Labute approximate surface area is 108 Å². The summed E-state index contributed by atoms with van der Waals surface area (Å²) in [7, 11) is 0. The number of carbonyl (C=O) groups is 1. The molecule has 0 bridgehead atoms. The lowest BCUT2D eigenvalue weighted by Gasteiger charge is -2.06. The topological polar surface area (TPSA) is 42.2 Å². The van der Waals surface area contributed by atoms with Crippen LogP contribution in [0.2, 0.25) is 0 Å². The van der Waals surface area contributed by atoms with Crippen LogP contribution in [-0.2, 0) is 0 Å². The van der Waals surface area contributed by atoms with E-state index in [-0.39, 0.29) is 5.76 Å². The Balaban J connectivity index is 2.21. The van der Waals surface area contributed by atoms with Crippen LogP contribution in [0.25, 0.3) is 11.0 Å². The first-order valence-corrected chi connectivity index (χ1v) is 5.69. The molecule has 7 heteroatoms. The number of furan rings is 1. The third kappa shape index (κ3) is 2.84. The van der Waals surface area contributed by atoms with Crippen molar-refractivity contribution in [1.29, 1.82) is 0 Å². The lowest BCUT2D eigenvalue weighted by Crippen LogP contribution is -2.33. The number of hydrogen-bond acceptors (Lipinski definition) is 2. The summed E-state index contributed by atoms with van der Waals surface area (Å²) in [6.45, 7) is -1.38. The smallest absolute Gasteiger partial charge is 0.405 e. The standard InChI is InChI=1S/C11H7BrF3NO2/c12-7-3-1-2-6-4-8(18-9(6)7)10(17)16-5-11(13,14)15/h1-4H,5H2,(H,16,17). The van der Waals surface area contributed by atoms with Crippen LogP contribution in [0.4, 0.5) is 13.2 Å². The van der Waals surface area contributed by atoms with Crippen molar-refractivity contribution in [2.24, 2.45) is 0 Å². The molecule has 1 amide bonds. The first-order valence-electron chi connectivity index (χ1n) is 4.90. The summed E-state index contributed by atoms with van der Waals surface area (Å²) < 4.78 is 41.7. The molecule has 0 aliphatic carbocycles. The van der Waals surface area contributed by atoms with Crippen molar-refractivity contribution in [1.82, 2.24) is 5.32 Å². The van der Waals surface area contributed by atoms with E-state index >= 15 is 0 Å². The van der Waals surface area contributed by atoms with Gasteiger partial charge in [-0.2, -0.15) is 13.2 Å². The molecule has 2 rings (SSSR count). The zero-order chi connectivity index (χ0) is 13.3. The molecule has 3 nitrogen and oxygen atoms in total. The van der Waals surface area contributed by atoms with Crippen LogP contribution >= 0.6 is 15.9 Å². The zero-order valence-electron chi connectivity index (χ0n) is 8.84. The van der Waals surface area contributed by atoms with Crippen molar-refractivity contribution in [3.05, 3.63) is 34.5 Å². The third-order valence-electron chi connectivity index (χ3n) is 2.17. The van der Waals surface area contributed by atoms with E-state index in [1.807, 2.05) is 0 Å². The first-order chi connectivity index (χ1) is 8.37. The van der Waals surface area contributed by atoms with E-state index in [0.29, 0.717) is 15.4 Å². The molecule has 1 N–H and O–H groups in total. The number of carbonyl (C=O) groups excluding carboxylic acids is 1. The van der Waals surface area contributed by atoms with Crippen LogP contribution < -0.4 is 5.32 Å². The number of amides is 1. The predicted molar refractivity (Wildman–Crippen MR) is 62.3 cm³/mol. The summed E-state index contributed by atoms with van der Waals surface area (Å²) in [6.07, 6.45) is -4.44. The van der Waals surface area contributed by atoms with E-state index < -0.39 is 18.6 Å². The Morgan fingerprint density at radius 1 is 1.39 bits per heavy atom. The van der Waals surface area contributed by atoms with Gasteiger partial charge in [0.2, 0.25) is 0 Å². The fourth-order valence-corrected chi connectivity index (χ4v) is 1.87. The fourth-order valence-electron chi connectivity index (χ4n) is 1.41. The molecule has 0 atom stereocenters. The molecule has 0 aliphatic heterocycles. The van der Waals surface area contributed by atoms with Gasteiger partial charge in [0.25, 0.3) is 5.91 Å². The average Bonchev–Trinajstić information content (AvgIpc) is 2.70. The average molecular weight is 322 g/mol. The second-order valence-corrected chi connectivity index (χ2v) is 4.42. The molecule has 0 saturated heterocycles. The summed E-state index contributed by atoms with van der Waals surface area (Å²) >= 11 is 3.22. The van der Waals surface area contributed by atoms with Crippen LogP contribution in [0.15, 0.2) is 33.2 Å². The van der Waals surface area contributed by atoms with Gasteiger partial charge in [0, 0.05) is 5.39 Å². The second-order valence-electron chi connectivity index (χ2n) is 3.57. The Morgan fingerprint density at radius 2 is 2.11 bits per heavy atom. The third-order valence-corrected chi connectivity index (χ3v) is 2.79. The van der Waals surface area contributed by atoms with Crippen LogP contribution in [0.5, 0.6) is 0 Å². The Kier molecular flexibility index (Phi) is 3.34. The maximum atomic E-state index is 11.9. The Hall–Kier alpha value is -1.50. The maximum absolute atomic E-state index is 11.9. The molecule has 0 unspecified atom stereocenters. The largest absolute Gasteiger partial charge is 0.450 e. The number of benzene rings is 1. The molecular weight excluding hydrogens is 315 g/mol. The number of alkyl halides is 3. The van der Waals surface area contributed by atoms with Crippen molar-refractivity contribution >= 4 is 32.8 Å². The molecule has 1 heterocycles. The monoisotopic (exact) mass is 321 g/mol. The molecular formula is C11H7BrF3NO2. The predicted octanol–water partition coefficient (Wildman–Crippen LogP) is 3.49. The van der Waals surface area contributed by atoms with E-state index in [9.17, 15) is 18.0 Å². The highest BCUT2D eigenvalue weighted by molar-refractivity contribution is 9.10. The van der Waals surface area contributed by atoms with Gasteiger partial charge in [-0.05, 0) is 28.1 Å². The SMILES string of the molecule is O=C(NCC(F)(F)F)c1cc2cccc(Br)c2o1. The minimum absolute atomic E-state index is 0.152. The van der Waals surface area contributed by atoms with Gasteiger partial charge in [0.1, 0.15) is 12.1 Å². The van der Waals surface area contributed by atoms with Gasteiger partial charge in [-0.25, -0.2) is 0 Å². The quantitative estimate of drug-likeness (QED) is 0.920. The van der Waals surface area contributed by atoms with Gasteiger partial charge >= 0.3 is 6.18 Å². The molecule has 0 spiro atoms. The molecule has 0 fully saturated rings. The van der Waals surface area contributed by atoms with E-state index in [1.165, 1.54) is 6.07 Å². The van der Waals surface area contributed by atoms with E-state index in [1.54, 1.807) is 23.5 Å². The van der Waals surface area contributed by atoms with Gasteiger partial charge in [-0.15, -0.1) is 0 Å².